The van der Waals surface area contributed by atoms with Crippen LogP contribution in [0.4, 0.5) is 17.1 Å². The summed E-state index contributed by atoms with van der Waals surface area (Å²) in [5.41, 5.74) is 1.82. The number of benzene rings is 3. The Bertz CT molecular complexity index is 1190. The molecule has 0 aliphatic heterocycles. The lowest BCUT2D eigenvalue weighted by molar-refractivity contribution is -0.385. The number of para-hydroxylation sites is 2. The van der Waals surface area contributed by atoms with E-state index in [2.05, 4.69) is 10.0 Å². The highest BCUT2D eigenvalue weighted by Crippen LogP contribution is 2.22. The zero-order valence-electron chi connectivity index (χ0n) is 16.0. The van der Waals surface area contributed by atoms with Gasteiger partial charge in [-0.2, -0.15) is 0 Å². The van der Waals surface area contributed by atoms with Crippen molar-refractivity contribution in [2.45, 2.75) is 18.2 Å². The highest BCUT2D eigenvalue weighted by molar-refractivity contribution is 7.92. The number of anilines is 2. The van der Waals surface area contributed by atoms with Crippen LogP contribution in [0.2, 0.25) is 0 Å². The van der Waals surface area contributed by atoms with Crippen LogP contribution in [0.5, 0.6) is 0 Å². The first-order valence-corrected chi connectivity index (χ1v) is 10.5. The number of hydrogen-bond donors (Lipinski definition) is 2. The molecule has 0 bridgehead atoms. The van der Waals surface area contributed by atoms with Crippen LogP contribution in [0.3, 0.4) is 0 Å². The number of nitrogens with zero attached hydrogens (tertiary/aromatic N) is 1. The van der Waals surface area contributed by atoms with Gasteiger partial charge in [-0.1, -0.05) is 36.4 Å². The van der Waals surface area contributed by atoms with Gasteiger partial charge in [0.2, 0.25) is 5.91 Å². The third-order valence-corrected chi connectivity index (χ3v) is 5.76. The molecule has 0 fully saturated rings. The van der Waals surface area contributed by atoms with E-state index in [1.165, 1.54) is 42.5 Å². The van der Waals surface area contributed by atoms with Gasteiger partial charge < -0.3 is 5.32 Å². The van der Waals surface area contributed by atoms with Crippen LogP contribution in [0.1, 0.15) is 11.1 Å². The van der Waals surface area contributed by atoms with Gasteiger partial charge in [-0.05, 0) is 42.8 Å². The molecule has 9 heteroatoms. The number of hydrogen-bond acceptors (Lipinski definition) is 5. The van der Waals surface area contributed by atoms with Crippen molar-refractivity contribution in [3.63, 3.8) is 0 Å². The first-order valence-electron chi connectivity index (χ1n) is 8.97. The average molecular weight is 425 g/mol. The minimum absolute atomic E-state index is 0.0439. The fraction of sp³-hybridized carbons (Fsp3) is 0.0952. The maximum absolute atomic E-state index is 12.6. The monoisotopic (exact) mass is 425 g/mol. The first-order chi connectivity index (χ1) is 14.3. The van der Waals surface area contributed by atoms with E-state index in [0.29, 0.717) is 16.9 Å². The van der Waals surface area contributed by atoms with Gasteiger partial charge in [-0.3, -0.25) is 19.6 Å². The second-order valence-corrected chi connectivity index (χ2v) is 8.24. The molecule has 8 nitrogen and oxygen atoms in total. The highest BCUT2D eigenvalue weighted by atomic mass is 32.2. The van der Waals surface area contributed by atoms with Crippen LogP contribution in [0.25, 0.3) is 0 Å². The van der Waals surface area contributed by atoms with Crippen LogP contribution in [-0.4, -0.2) is 19.2 Å². The molecule has 1 amide bonds. The molecule has 0 aliphatic carbocycles. The van der Waals surface area contributed by atoms with Crippen LogP contribution in [0.15, 0.2) is 77.7 Å². The molecule has 0 saturated carbocycles. The Labute approximate surface area is 173 Å². The van der Waals surface area contributed by atoms with Gasteiger partial charge in [-0.25, -0.2) is 8.42 Å². The Kier molecular flexibility index (Phi) is 6.12. The molecule has 0 unspecified atom stereocenters. The van der Waals surface area contributed by atoms with Gasteiger partial charge in [0.1, 0.15) is 0 Å². The predicted octanol–water partition coefficient (Wildman–Crippen LogP) is 3.89. The summed E-state index contributed by atoms with van der Waals surface area (Å²) in [4.78, 5) is 22.8. The van der Waals surface area contributed by atoms with Crippen molar-refractivity contribution in [3.8, 4) is 0 Å². The fourth-order valence-electron chi connectivity index (χ4n) is 2.83. The van der Waals surface area contributed by atoms with Crippen molar-refractivity contribution in [3.05, 3.63) is 94.0 Å². The second-order valence-electron chi connectivity index (χ2n) is 6.56. The second kappa shape index (κ2) is 8.75. The van der Waals surface area contributed by atoms with E-state index < -0.39 is 20.9 Å². The molecule has 2 N–H and O–H groups in total. The SMILES string of the molecule is Cc1ccccc1NS(=O)(=O)c1ccc(NC(=O)Cc2ccccc2[N+](=O)[O-])cc1. The molecular formula is C21H19N3O5S. The predicted molar refractivity (Wildman–Crippen MR) is 114 cm³/mol. The molecule has 3 aromatic carbocycles. The summed E-state index contributed by atoms with van der Waals surface area (Å²) in [6.07, 6.45) is -0.175. The minimum Gasteiger partial charge on any atom is -0.326 e. The van der Waals surface area contributed by atoms with Gasteiger partial charge >= 0.3 is 0 Å². The van der Waals surface area contributed by atoms with E-state index in [9.17, 15) is 23.3 Å². The first kappa shape index (κ1) is 21.0. The molecule has 3 rings (SSSR count). The topological polar surface area (TPSA) is 118 Å². The van der Waals surface area contributed by atoms with Gasteiger partial charge in [0.25, 0.3) is 15.7 Å². The Morgan fingerprint density at radius 3 is 2.27 bits per heavy atom. The lowest BCUT2D eigenvalue weighted by atomic mass is 10.1. The van der Waals surface area contributed by atoms with E-state index in [4.69, 9.17) is 0 Å². The number of nitro groups is 1. The maximum atomic E-state index is 12.6. The smallest absolute Gasteiger partial charge is 0.273 e. The molecule has 0 saturated heterocycles. The van der Waals surface area contributed by atoms with E-state index in [0.717, 1.165) is 5.56 Å². The minimum atomic E-state index is -3.78. The number of nitro benzene ring substituents is 1. The normalized spacial score (nSPS) is 11.0. The number of carbonyl (C=O) groups excluding carboxylic acids is 1. The molecule has 0 aliphatic rings. The Hall–Kier alpha value is -3.72. The molecule has 3 aromatic rings. The number of nitrogens with one attached hydrogen (secondary N) is 2. The van der Waals surface area contributed by atoms with Gasteiger partial charge in [0.15, 0.2) is 0 Å². The third-order valence-electron chi connectivity index (χ3n) is 4.38. The highest BCUT2D eigenvalue weighted by Gasteiger charge is 2.17. The summed E-state index contributed by atoms with van der Waals surface area (Å²) in [5.74, 6) is -0.446. The lowest BCUT2D eigenvalue weighted by Crippen LogP contribution is -2.16. The summed E-state index contributed by atoms with van der Waals surface area (Å²) in [7, 11) is -3.78. The van der Waals surface area contributed by atoms with Crippen molar-refractivity contribution in [1.29, 1.82) is 0 Å². The Morgan fingerprint density at radius 2 is 1.60 bits per heavy atom. The molecule has 0 spiro atoms. The van der Waals surface area contributed by atoms with Crippen molar-refractivity contribution in [2.75, 3.05) is 10.0 Å². The van der Waals surface area contributed by atoms with Crippen LogP contribution >= 0.6 is 0 Å². The van der Waals surface area contributed by atoms with E-state index in [-0.39, 0.29) is 17.0 Å². The average Bonchev–Trinajstić information content (AvgIpc) is 2.70. The van der Waals surface area contributed by atoms with Crippen LogP contribution in [0, 0.1) is 17.0 Å². The molecule has 30 heavy (non-hydrogen) atoms. The van der Waals surface area contributed by atoms with Gasteiger partial charge in [0.05, 0.1) is 21.9 Å². The van der Waals surface area contributed by atoms with Crippen molar-refractivity contribution in [1.82, 2.24) is 0 Å². The summed E-state index contributed by atoms with van der Waals surface area (Å²) in [5, 5.41) is 13.7. The molecular weight excluding hydrogens is 406 g/mol. The standard InChI is InChI=1S/C21H19N3O5S/c1-15-6-2-4-8-19(15)23-30(28,29)18-12-10-17(11-13-18)22-21(25)14-16-7-3-5-9-20(16)24(26)27/h2-13,23H,14H2,1H3,(H,22,25). The molecule has 0 heterocycles. The number of rotatable bonds is 7. The number of sulfonamides is 1. The fourth-order valence-corrected chi connectivity index (χ4v) is 3.96. The van der Waals surface area contributed by atoms with Crippen LogP contribution < -0.4 is 10.0 Å². The number of amides is 1. The molecule has 0 aromatic heterocycles. The quantitative estimate of drug-likeness (QED) is 0.440. The van der Waals surface area contributed by atoms with E-state index in [1.807, 2.05) is 6.07 Å². The van der Waals surface area contributed by atoms with Crippen molar-refractivity contribution < 1.29 is 18.1 Å². The Morgan fingerprint density at radius 1 is 0.967 bits per heavy atom. The summed E-state index contributed by atoms with van der Waals surface area (Å²) >= 11 is 0. The lowest BCUT2D eigenvalue weighted by Gasteiger charge is -2.11. The zero-order chi connectivity index (χ0) is 21.7. The van der Waals surface area contributed by atoms with E-state index in [1.54, 1.807) is 31.2 Å². The maximum Gasteiger partial charge on any atom is 0.273 e. The van der Waals surface area contributed by atoms with E-state index >= 15 is 0 Å². The van der Waals surface area contributed by atoms with Crippen molar-refractivity contribution >= 4 is 33.0 Å². The number of carbonyl (C=O) groups is 1. The van der Waals surface area contributed by atoms with Crippen LogP contribution in [-0.2, 0) is 21.2 Å². The molecule has 154 valence electrons. The largest absolute Gasteiger partial charge is 0.326 e. The number of aryl methyl sites for hydroxylation is 1. The molecule has 0 atom stereocenters. The summed E-state index contributed by atoms with van der Waals surface area (Å²) in [6.45, 7) is 1.80. The van der Waals surface area contributed by atoms with Crippen molar-refractivity contribution in [2.24, 2.45) is 0 Å². The summed E-state index contributed by atoms with van der Waals surface area (Å²) < 4.78 is 27.7. The van der Waals surface area contributed by atoms with Gasteiger partial charge in [-0.15, -0.1) is 0 Å². The van der Waals surface area contributed by atoms with Gasteiger partial charge in [0, 0.05) is 17.3 Å². The molecule has 0 radical (unpaired) electrons. The zero-order valence-corrected chi connectivity index (χ0v) is 16.8. The third kappa shape index (κ3) is 5.00. The summed E-state index contributed by atoms with van der Waals surface area (Å²) in [6, 6.07) is 18.7. The Balaban J connectivity index is 1.69.